The number of rotatable bonds is 4. The van der Waals surface area contributed by atoms with Crippen LogP contribution in [0.25, 0.3) is 0 Å². The summed E-state index contributed by atoms with van der Waals surface area (Å²) in [6.07, 6.45) is 0. The highest BCUT2D eigenvalue weighted by molar-refractivity contribution is 7.92. The highest BCUT2D eigenvalue weighted by atomic mass is 35.5. The van der Waals surface area contributed by atoms with Crippen LogP contribution in [0.2, 0.25) is 5.15 Å². The van der Waals surface area contributed by atoms with Crippen LogP contribution in [0, 0.1) is 13.8 Å². The number of nitrogens with zero attached hydrogens (tertiary/aromatic N) is 1. The van der Waals surface area contributed by atoms with Crippen molar-refractivity contribution in [3.05, 3.63) is 46.7 Å². The number of hydrogen-bond acceptors (Lipinski definition) is 4. The monoisotopic (exact) mass is 326 g/mol. The van der Waals surface area contributed by atoms with Crippen molar-refractivity contribution in [1.29, 1.82) is 0 Å². The molecule has 2 rings (SSSR count). The highest BCUT2D eigenvalue weighted by Gasteiger charge is 2.22. The first-order chi connectivity index (χ1) is 9.83. The van der Waals surface area contributed by atoms with Gasteiger partial charge in [0, 0.05) is 11.4 Å². The number of halogens is 1. The minimum absolute atomic E-state index is 0.00872. The van der Waals surface area contributed by atoms with Crippen LogP contribution in [-0.2, 0) is 10.0 Å². The molecule has 0 spiro atoms. The van der Waals surface area contributed by atoms with Gasteiger partial charge in [0.15, 0.2) is 0 Å². The van der Waals surface area contributed by atoms with Gasteiger partial charge in [0.2, 0.25) is 0 Å². The third-order valence-corrected chi connectivity index (χ3v) is 4.80. The van der Waals surface area contributed by atoms with Crippen molar-refractivity contribution in [2.75, 3.05) is 11.8 Å². The summed E-state index contributed by atoms with van der Waals surface area (Å²) in [6, 6.07) is 8.23. The fraction of sp³-hybridized carbons (Fsp3) is 0.214. The van der Waals surface area contributed by atoms with Crippen molar-refractivity contribution in [1.82, 2.24) is 4.98 Å². The highest BCUT2D eigenvalue weighted by Crippen LogP contribution is 2.26. The molecule has 0 radical (unpaired) electrons. The lowest BCUT2D eigenvalue weighted by Crippen LogP contribution is -2.15. The fourth-order valence-electron chi connectivity index (χ4n) is 1.97. The van der Waals surface area contributed by atoms with Crippen LogP contribution in [0.1, 0.15) is 11.3 Å². The van der Waals surface area contributed by atoms with Gasteiger partial charge in [-0.05, 0) is 49.7 Å². The van der Waals surface area contributed by atoms with Crippen LogP contribution in [0.3, 0.4) is 0 Å². The molecular formula is C14H15ClN2O3S. The van der Waals surface area contributed by atoms with Gasteiger partial charge in [-0.25, -0.2) is 13.4 Å². The van der Waals surface area contributed by atoms with Crippen LogP contribution in [-0.4, -0.2) is 20.5 Å². The first-order valence-corrected chi connectivity index (χ1v) is 8.00. The molecule has 0 aliphatic heterocycles. The molecule has 2 aromatic rings. The normalized spacial score (nSPS) is 11.2. The van der Waals surface area contributed by atoms with E-state index in [9.17, 15) is 8.42 Å². The van der Waals surface area contributed by atoms with Crippen molar-refractivity contribution in [3.8, 4) is 5.75 Å². The van der Waals surface area contributed by atoms with Gasteiger partial charge < -0.3 is 4.74 Å². The lowest BCUT2D eigenvalue weighted by atomic mass is 10.2. The Morgan fingerprint density at radius 2 is 1.81 bits per heavy atom. The number of ether oxygens (including phenoxy) is 1. The van der Waals surface area contributed by atoms with E-state index in [1.165, 1.54) is 0 Å². The first kappa shape index (κ1) is 15.6. The van der Waals surface area contributed by atoms with E-state index in [0.29, 0.717) is 22.7 Å². The van der Waals surface area contributed by atoms with Gasteiger partial charge in [0.05, 0.1) is 7.11 Å². The largest absolute Gasteiger partial charge is 0.497 e. The average Bonchev–Trinajstić information content (AvgIpc) is 2.37. The van der Waals surface area contributed by atoms with Crippen molar-refractivity contribution < 1.29 is 13.2 Å². The Hall–Kier alpha value is -1.79. The molecule has 0 saturated carbocycles. The van der Waals surface area contributed by atoms with Gasteiger partial charge >= 0.3 is 0 Å². The summed E-state index contributed by atoms with van der Waals surface area (Å²) < 4.78 is 32.4. The molecule has 0 unspecified atom stereocenters. The van der Waals surface area contributed by atoms with Crippen molar-refractivity contribution in [3.63, 3.8) is 0 Å². The predicted octanol–water partition coefficient (Wildman–Crippen LogP) is 3.16. The minimum atomic E-state index is -3.80. The summed E-state index contributed by atoms with van der Waals surface area (Å²) in [6.45, 7) is 3.44. The molecule has 0 aliphatic carbocycles. The third-order valence-electron chi connectivity index (χ3n) is 2.86. The van der Waals surface area contributed by atoms with Crippen molar-refractivity contribution in [2.24, 2.45) is 0 Å². The number of aryl methyl sites for hydroxylation is 2. The first-order valence-electron chi connectivity index (χ1n) is 6.14. The quantitative estimate of drug-likeness (QED) is 0.876. The third kappa shape index (κ3) is 3.46. The van der Waals surface area contributed by atoms with E-state index in [0.717, 1.165) is 0 Å². The molecule has 0 bridgehead atoms. The summed E-state index contributed by atoms with van der Waals surface area (Å²) in [4.78, 5) is 3.99. The van der Waals surface area contributed by atoms with E-state index < -0.39 is 10.0 Å². The van der Waals surface area contributed by atoms with E-state index in [1.54, 1.807) is 51.3 Å². The smallest absolute Gasteiger partial charge is 0.265 e. The Morgan fingerprint density at radius 3 is 2.33 bits per heavy atom. The molecule has 0 saturated heterocycles. The van der Waals surface area contributed by atoms with E-state index in [1.807, 2.05) is 0 Å². The van der Waals surface area contributed by atoms with Crippen LogP contribution < -0.4 is 9.46 Å². The molecule has 21 heavy (non-hydrogen) atoms. The molecule has 1 aromatic carbocycles. The van der Waals surface area contributed by atoms with Crippen molar-refractivity contribution in [2.45, 2.75) is 18.7 Å². The molecule has 1 N–H and O–H groups in total. The zero-order valence-corrected chi connectivity index (χ0v) is 13.4. The lowest BCUT2D eigenvalue weighted by Gasteiger charge is -2.12. The number of sulfonamides is 1. The Balaban J connectivity index is 2.38. The van der Waals surface area contributed by atoms with Crippen LogP contribution in [0.4, 0.5) is 5.69 Å². The number of benzene rings is 1. The SMILES string of the molecule is COc1ccc(NS(=O)(=O)c2c(C)cc(C)nc2Cl)cc1. The Kier molecular flexibility index (Phi) is 4.39. The molecular weight excluding hydrogens is 312 g/mol. The molecule has 0 aliphatic rings. The number of aromatic nitrogens is 1. The number of pyridine rings is 1. The Bertz CT molecular complexity index is 735. The summed E-state index contributed by atoms with van der Waals surface area (Å²) in [5.74, 6) is 0.643. The zero-order chi connectivity index (χ0) is 15.6. The van der Waals surface area contributed by atoms with E-state index in [4.69, 9.17) is 16.3 Å². The van der Waals surface area contributed by atoms with Crippen LogP contribution >= 0.6 is 11.6 Å². The second-order valence-corrected chi connectivity index (χ2v) is 6.51. The summed E-state index contributed by atoms with van der Waals surface area (Å²) in [5, 5.41) is -0.0338. The number of anilines is 1. The number of hydrogen-bond donors (Lipinski definition) is 1. The van der Waals surface area contributed by atoms with Crippen LogP contribution in [0.15, 0.2) is 35.2 Å². The number of methoxy groups -OCH3 is 1. The fourth-order valence-corrected chi connectivity index (χ4v) is 3.85. The number of nitrogens with one attached hydrogen (secondary N) is 1. The van der Waals surface area contributed by atoms with Crippen molar-refractivity contribution >= 4 is 27.3 Å². The molecule has 0 atom stereocenters. The molecule has 1 aromatic heterocycles. The Labute approximate surface area is 129 Å². The van der Waals surface area contributed by atoms with Gasteiger partial charge in [-0.15, -0.1) is 0 Å². The maximum atomic E-state index is 12.4. The molecule has 112 valence electrons. The second kappa shape index (κ2) is 5.91. The van der Waals surface area contributed by atoms with Gasteiger partial charge in [0.25, 0.3) is 10.0 Å². The van der Waals surface area contributed by atoms with Gasteiger partial charge in [-0.1, -0.05) is 11.6 Å². The summed E-state index contributed by atoms with van der Waals surface area (Å²) >= 11 is 5.98. The minimum Gasteiger partial charge on any atom is -0.497 e. The summed E-state index contributed by atoms with van der Waals surface area (Å²) in [5.41, 5.74) is 1.64. The van der Waals surface area contributed by atoms with Gasteiger partial charge in [-0.3, -0.25) is 4.72 Å². The Morgan fingerprint density at radius 1 is 1.19 bits per heavy atom. The van der Waals surface area contributed by atoms with E-state index >= 15 is 0 Å². The van der Waals surface area contributed by atoms with Gasteiger partial charge in [-0.2, -0.15) is 0 Å². The second-order valence-electron chi connectivity index (χ2n) is 4.53. The molecule has 7 heteroatoms. The summed E-state index contributed by atoms with van der Waals surface area (Å²) in [7, 11) is -2.25. The lowest BCUT2D eigenvalue weighted by molar-refractivity contribution is 0.415. The molecule has 1 heterocycles. The average molecular weight is 327 g/mol. The van der Waals surface area contributed by atoms with Crippen LogP contribution in [0.5, 0.6) is 5.75 Å². The van der Waals surface area contributed by atoms with E-state index in [-0.39, 0.29) is 10.0 Å². The molecule has 0 amide bonds. The van der Waals surface area contributed by atoms with Gasteiger partial charge in [0.1, 0.15) is 15.8 Å². The molecule has 5 nitrogen and oxygen atoms in total. The topological polar surface area (TPSA) is 68.3 Å². The maximum Gasteiger partial charge on any atom is 0.265 e. The predicted molar refractivity (Wildman–Crippen MR) is 82.5 cm³/mol. The zero-order valence-electron chi connectivity index (χ0n) is 11.8. The van der Waals surface area contributed by atoms with E-state index in [2.05, 4.69) is 9.71 Å². The molecule has 0 fully saturated rings. The standard InChI is InChI=1S/C14H15ClN2O3S/c1-9-8-10(2)16-14(15)13(9)21(18,19)17-11-4-6-12(20-3)7-5-11/h4-8,17H,1-3H3. The maximum absolute atomic E-state index is 12.4.